The first-order valence-electron chi connectivity index (χ1n) is 5.03. The summed E-state index contributed by atoms with van der Waals surface area (Å²) < 4.78 is 5.60. The molecule has 0 aliphatic heterocycles. The monoisotopic (exact) mass is 312 g/mol. The maximum absolute atomic E-state index is 11.5. The highest BCUT2D eigenvalue weighted by Gasteiger charge is 2.42. The fourth-order valence-electron chi connectivity index (χ4n) is 1.19. The second-order valence-corrected chi connectivity index (χ2v) is 5.57. The Balaban J connectivity index is 4.72. The predicted molar refractivity (Wildman–Crippen MR) is 68.8 cm³/mol. The Bertz CT molecular complexity index is 285. The smallest absolute Gasteiger partial charge is 0.329 e. The Morgan fingerprint density at radius 3 is 2.38 bits per heavy atom. The molecule has 94 valence electrons. The van der Waals surface area contributed by atoms with Crippen molar-refractivity contribution in [3.05, 3.63) is 10.1 Å². The summed E-state index contributed by atoms with van der Waals surface area (Å²) in [6, 6.07) is 0. The number of halogens is 2. The van der Waals surface area contributed by atoms with Crippen LogP contribution in [0.3, 0.4) is 0 Å². The lowest BCUT2D eigenvalue weighted by molar-refractivity contribution is -0.147. The number of aliphatic hydroxyl groups excluding tert-OH is 1. The van der Waals surface area contributed by atoms with Crippen molar-refractivity contribution in [2.24, 2.45) is 0 Å². The zero-order valence-electron chi connectivity index (χ0n) is 10.0. The van der Waals surface area contributed by atoms with Crippen LogP contribution in [-0.4, -0.2) is 29.2 Å². The molecule has 0 rings (SSSR count). The first-order valence-corrected chi connectivity index (χ1v) is 6.20. The van der Waals surface area contributed by atoms with Crippen molar-refractivity contribution in [2.75, 3.05) is 7.11 Å². The van der Waals surface area contributed by atoms with Crippen LogP contribution >= 0.6 is 27.5 Å². The summed E-state index contributed by atoms with van der Waals surface area (Å²) in [6.45, 7) is 5.40. The molecule has 0 bridgehead atoms. The van der Waals surface area contributed by atoms with Crippen molar-refractivity contribution in [1.29, 1.82) is 0 Å². The van der Waals surface area contributed by atoms with Crippen LogP contribution in [0.15, 0.2) is 10.1 Å². The van der Waals surface area contributed by atoms with Crippen LogP contribution in [-0.2, 0) is 9.53 Å². The van der Waals surface area contributed by atoms with E-state index in [2.05, 4.69) is 20.7 Å². The lowest BCUT2D eigenvalue weighted by atomic mass is 9.96. The van der Waals surface area contributed by atoms with Crippen LogP contribution in [0.5, 0.6) is 0 Å². The molecule has 0 spiro atoms. The maximum Gasteiger partial charge on any atom is 0.329 e. The van der Waals surface area contributed by atoms with Crippen molar-refractivity contribution in [3.63, 3.8) is 0 Å². The van der Waals surface area contributed by atoms with Crippen LogP contribution in [0.4, 0.5) is 0 Å². The molecule has 1 N–H and O–H groups in total. The third-order valence-electron chi connectivity index (χ3n) is 2.44. The van der Waals surface area contributed by atoms with Crippen LogP contribution in [0.2, 0.25) is 0 Å². The fraction of sp³-hybridized carbons (Fsp3) is 0.727. The molecular weight excluding hydrogens is 295 g/mol. The molecule has 0 aliphatic carbocycles. The lowest BCUT2D eigenvalue weighted by Gasteiger charge is -2.27. The molecule has 0 saturated heterocycles. The molecule has 0 radical (unpaired) electrons. The quantitative estimate of drug-likeness (QED) is 0.627. The highest BCUT2D eigenvalue weighted by atomic mass is 79.9. The number of carbonyl (C=O) groups is 1. The molecule has 0 aromatic heterocycles. The number of ether oxygens (including phenoxy) is 1. The van der Waals surface area contributed by atoms with Gasteiger partial charge in [-0.05, 0) is 38.1 Å². The van der Waals surface area contributed by atoms with E-state index in [9.17, 15) is 9.90 Å². The largest absolute Gasteiger partial charge is 0.468 e. The molecule has 16 heavy (non-hydrogen) atoms. The third-order valence-corrected chi connectivity index (χ3v) is 4.29. The van der Waals surface area contributed by atoms with Crippen LogP contribution in [0.25, 0.3) is 0 Å². The van der Waals surface area contributed by atoms with E-state index in [1.54, 1.807) is 0 Å². The minimum atomic E-state index is -1.37. The molecule has 0 heterocycles. The molecular formula is C11H18BrClO3. The van der Waals surface area contributed by atoms with Crippen molar-refractivity contribution >= 4 is 33.5 Å². The topological polar surface area (TPSA) is 46.5 Å². The van der Waals surface area contributed by atoms with E-state index >= 15 is 0 Å². The summed E-state index contributed by atoms with van der Waals surface area (Å²) in [4.78, 5) is 10.1. The van der Waals surface area contributed by atoms with Gasteiger partial charge in [0.15, 0.2) is 4.87 Å². The van der Waals surface area contributed by atoms with Crippen LogP contribution < -0.4 is 0 Å². The van der Waals surface area contributed by atoms with E-state index < -0.39 is 16.9 Å². The number of hydrogen-bond donors (Lipinski definition) is 1. The Morgan fingerprint density at radius 1 is 1.56 bits per heavy atom. The fourth-order valence-corrected chi connectivity index (χ4v) is 1.56. The van der Waals surface area contributed by atoms with E-state index in [0.29, 0.717) is 12.8 Å². The lowest BCUT2D eigenvalue weighted by Crippen LogP contribution is -2.43. The van der Waals surface area contributed by atoms with Crippen molar-refractivity contribution < 1.29 is 14.6 Å². The van der Waals surface area contributed by atoms with Gasteiger partial charge in [-0.3, -0.25) is 4.79 Å². The summed E-state index contributed by atoms with van der Waals surface area (Å²) in [5.74, 6) is -0.599. The SMILES string of the molecule is COC(=O)C(Cl)(CCC(Br)=C(C)C)C(C)O. The van der Waals surface area contributed by atoms with Crippen molar-refractivity contribution in [3.8, 4) is 0 Å². The zero-order valence-corrected chi connectivity index (χ0v) is 12.4. The van der Waals surface area contributed by atoms with Gasteiger partial charge in [0.2, 0.25) is 0 Å². The molecule has 5 heteroatoms. The summed E-state index contributed by atoms with van der Waals surface area (Å²) >= 11 is 9.51. The van der Waals surface area contributed by atoms with Gasteiger partial charge in [-0.25, -0.2) is 0 Å². The van der Waals surface area contributed by atoms with E-state index in [-0.39, 0.29) is 0 Å². The normalized spacial score (nSPS) is 16.2. The first-order chi connectivity index (χ1) is 7.25. The molecule has 0 aromatic rings. The number of hydrogen-bond acceptors (Lipinski definition) is 3. The summed E-state index contributed by atoms with van der Waals surface area (Å²) in [5, 5.41) is 9.56. The predicted octanol–water partition coefficient (Wildman–Crippen LogP) is 2.99. The maximum atomic E-state index is 11.5. The molecule has 0 saturated carbocycles. The van der Waals surface area contributed by atoms with Gasteiger partial charge < -0.3 is 9.84 Å². The molecule has 0 amide bonds. The molecule has 0 aromatic carbocycles. The van der Waals surface area contributed by atoms with Crippen molar-refractivity contribution in [2.45, 2.75) is 44.6 Å². The summed E-state index contributed by atoms with van der Waals surface area (Å²) in [5.41, 5.74) is 1.12. The average molecular weight is 314 g/mol. The molecule has 0 aliphatic rings. The Hall–Kier alpha value is -0.0600. The van der Waals surface area contributed by atoms with Gasteiger partial charge in [-0.2, -0.15) is 0 Å². The number of alkyl halides is 1. The van der Waals surface area contributed by atoms with E-state index in [1.807, 2.05) is 13.8 Å². The van der Waals surface area contributed by atoms with E-state index in [0.717, 1.165) is 10.1 Å². The standard InChI is InChI=1S/C11H18BrClO3/c1-7(2)9(12)5-6-11(13,8(3)14)10(15)16-4/h8,14H,5-6H2,1-4H3. The van der Waals surface area contributed by atoms with Gasteiger partial charge in [-0.1, -0.05) is 21.5 Å². The Morgan fingerprint density at radius 2 is 2.06 bits per heavy atom. The zero-order chi connectivity index (χ0) is 12.9. The van der Waals surface area contributed by atoms with Gasteiger partial charge in [-0.15, -0.1) is 11.6 Å². The number of rotatable bonds is 5. The Kier molecular flexibility index (Phi) is 6.60. The van der Waals surface area contributed by atoms with Gasteiger partial charge in [0.05, 0.1) is 13.2 Å². The molecule has 2 unspecified atom stereocenters. The number of methoxy groups -OCH3 is 1. The van der Waals surface area contributed by atoms with E-state index in [1.165, 1.54) is 14.0 Å². The third kappa shape index (κ3) is 4.07. The number of allylic oxidation sites excluding steroid dienone is 2. The second kappa shape index (κ2) is 6.62. The van der Waals surface area contributed by atoms with Gasteiger partial charge in [0.25, 0.3) is 0 Å². The molecule has 3 nitrogen and oxygen atoms in total. The summed E-state index contributed by atoms with van der Waals surface area (Å²) in [7, 11) is 1.26. The van der Waals surface area contributed by atoms with Gasteiger partial charge in [0.1, 0.15) is 0 Å². The second-order valence-electron chi connectivity index (χ2n) is 3.93. The molecule has 0 fully saturated rings. The van der Waals surface area contributed by atoms with E-state index in [4.69, 9.17) is 11.6 Å². The molecule has 2 atom stereocenters. The van der Waals surface area contributed by atoms with Crippen molar-refractivity contribution in [1.82, 2.24) is 0 Å². The number of carbonyl (C=O) groups excluding carboxylic acids is 1. The minimum Gasteiger partial charge on any atom is -0.468 e. The minimum absolute atomic E-state index is 0.324. The first kappa shape index (κ1) is 15.9. The summed E-state index contributed by atoms with van der Waals surface area (Å²) in [6.07, 6.45) is -0.0460. The Labute approximate surface area is 110 Å². The highest BCUT2D eigenvalue weighted by Crippen LogP contribution is 2.31. The average Bonchev–Trinajstić information content (AvgIpc) is 2.23. The number of aliphatic hydroxyl groups is 1. The highest BCUT2D eigenvalue weighted by molar-refractivity contribution is 9.11. The van der Waals surface area contributed by atoms with Gasteiger partial charge in [0, 0.05) is 0 Å². The van der Waals surface area contributed by atoms with Crippen LogP contribution in [0, 0.1) is 0 Å². The van der Waals surface area contributed by atoms with Crippen LogP contribution in [0.1, 0.15) is 33.6 Å². The van der Waals surface area contributed by atoms with Gasteiger partial charge >= 0.3 is 5.97 Å². The number of esters is 1.